The quantitative estimate of drug-likeness (QED) is 0.847. The average molecular weight is 301 g/mol. The molecule has 1 aliphatic rings. The van der Waals surface area contributed by atoms with E-state index in [9.17, 15) is 4.79 Å². The molecule has 2 heterocycles. The first-order valence-electron chi connectivity index (χ1n) is 7.26. The minimum atomic E-state index is 0.154. The Bertz CT molecular complexity index is 568. The molecular formula is C17H19NO2S. The molecule has 0 radical (unpaired) electrons. The zero-order chi connectivity index (χ0) is 14.5. The molecule has 0 bridgehead atoms. The molecule has 1 amide bonds. The minimum Gasteiger partial charge on any atom is -0.376 e. The van der Waals surface area contributed by atoms with E-state index in [1.807, 2.05) is 39.9 Å². The topological polar surface area (TPSA) is 29.5 Å². The van der Waals surface area contributed by atoms with Crippen LogP contribution in [0.4, 0.5) is 0 Å². The first-order chi connectivity index (χ1) is 10.3. The van der Waals surface area contributed by atoms with E-state index in [0.29, 0.717) is 12.5 Å². The van der Waals surface area contributed by atoms with Crippen molar-refractivity contribution in [3.63, 3.8) is 0 Å². The molecule has 1 aliphatic heterocycles. The third kappa shape index (κ3) is 3.71. The van der Waals surface area contributed by atoms with Gasteiger partial charge in [-0.25, -0.2) is 0 Å². The molecular weight excluding hydrogens is 282 g/mol. The molecule has 3 rings (SSSR count). The fraction of sp³-hybridized carbons (Fsp3) is 0.353. The fourth-order valence-electron chi connectivity index (χ4n) is 2.64. The van der Waals surface area contributed by atoms with Gasteiger partial charge in [0.05, 0.1) is 18.8 Å². The van der Waals surface area contributed by atoms with Crippen molar-refractivity contribution in [3.05, 3.63) is 58.3 Å². The molecule has 0 aliphatic carbocycles. The van der Waals surface area contributed by atoms with Crippen molar-refractivity contribution < 1.29 is 9.53 Å². The predicted octanol–water partition coefficient (Wildman–Crippen LogP) is 3.43. The molecule has 4 heteroatoms. The smallest absolute Gasteiger partial charge is 0.254 e. The first kappa shape index (κ1) is 14.3. The molecule has 1 unspecified atom stereocenters. The summed E-state index contributed by atoms with van der Waals surface area (Å²) in [5, 5.41) is 3.87. The Morgan fingerprint density at radius 3 is 2.90 bits per heavy atom. The number of likely N-dealkylation sites (tertiary alicyclic amines) is 1. The maximum absolute atomic E-state index is 12.2. The highest BCUT2D eigenvalue weighted by molar-refractivity contribution is 7.08. The van der Waals surface area contributed by atoms with Gasteiger partial charge in [0.25, 0.3) is 5.91 Å². The van der Waals surface area contributed by atoms with Crippen LogP contribution < -0.4 is 0 Å². The van der Waals surface area contributed by atoms with Gasteiger partial charge < -0.3 is 9.64 Å². The molecule has 1 aromatic heterocycles. The molecule has 0 N–H and O–H groups in total. The van der Waals surface area contributed by atoms with Crippen LogP contribution in [-0.4, -0.2) is 30.5 Å². The Labute approximate surface area is 129 Å². The summed E-state index contributed by atoms with van der Waals surface area (Å²) < 4.78 is 5.79. The summed E-state index contributed by atoms with van der Waals surface area (Å²) >= 11 is 1.57. The second-order valence-corrected chi connectivity index (χ2v) is 6.20. The Morgan fingerprint density at radius 1 is 1.29 bits per heavy atom. The average Bonchev–Trinajstić information content (AvgIpc) is 3.19. The summed E-state index contributed by atoms with van der Waals surface area (Å²) in [5.41, 5.74) is 2.01. The summed E-state index contributed by atoms with van der Waals surface area (Å²) in [6.45, 7) is 3.02. The molecule has 2 aromatic rings. The number of rotatable bonds is 5. The van der Waals surface area contributed by atoms with Crippen LogP contribution in [0.25, 0.3) is 0 Å². The lowest BCUT2D eigenvalue weighted by atomic mass is 10.1. The van der Waals surface area contributed by atoms with Gasteiger partial charge in [-0.1, -0.05) is 30.3 Å². The second kappa shape index (κ2) is 6.87. The molecule has 0 spiro atoms. The van der Waals surface area contributed by atoms with E-state index < -0.39 is 0 Å². The van der Waals surface area contributed by atoms with E-state index in [2.05, 4.69) is 12.1 Å². The van der Waals surface area contributed by atoms with Crippen LogP contribution in [0.2, 0.25) is 0 Å². The number of hydrogen-bond acceptors (Lipinski definition) is 3. The first-order valence-corrected chi connectivity index (χ1v) is 8.20. The molecule has 3 nitrogen and oxygen atoms in total. The SMILES string of the molecule is O=C(c1ccsc1)N1CCC(COCc2ccccc2)C1. The Morgan fingerprint density at radius 2 is 2.14 bits per heavy atom. The monoisotopic (exact) mass is 301 g/mol. The highest BCUT2D eigenvalue weighted by atomic mass is 32.1. The van der Waals surface area contributed by atoms with Crippen LogP contribution in [0.15, 0.2) is 47.2 Å². The summed E-state index contributed by atoms with van der Waals surface area (Å²) in [4.78, 5) is 14.2. The van der Waals surface area contributed by atoms with Crippen LogP contribution in [0.3, 0.4) is 0 Å². The lowest BCUT2D eigenvalue weighted by molar-refractivity contribution is 0.0733. The van der Waals surface area contributed by atoms with Gasteiger partial charge in [-0.2, -0.15) is 11.3 Å². The number of carbonyl (C=O) groups is 1. The van der Waals surface area contributed by atoms with E-state index in [-0.39, 0.29) is 5.91 Å². The van der Waals surface area contributed by atoms with Gasteiger partial charge in [-0.05, 0) is 23.4 Å². The normalized spacial score (nSPS) is 18.1. The number of benzene rings is 1. The van der Waals surface area contributed by atoms with Crippen LogP contribution >= 0.6 is 11.3 Å². The number of hydrogen-bond donors (Lipinski definition) is 0. The van der Waals surface area contributed by atoms with Gasteiger partial charge >= 0.3 is 0 Å². The van der Waals surface area contributed by atoms with Gasteiger partial charge in [0, 0.05) is 24.4 Å². The Hall–Kier alpha value is -1.65. The zero-order valence-electron chi connectivity index (χ0n) is 11.9. The van der Waals surface area contributed by atoms with Crippen LogP contribution in [0, 0.1) is 5.92 Å². The summed E-state index contributed by atoms with van der Waals surface area (Å²) in [7, 11) is 0. The Kier molecular flexibility index (Phi) is 4.68. The van der Waals surface area contributed by atoms with Gasteiger partial charge in [-0.3, -0.25) is 4.79 Å². The third-order valence-corrected chi connectivity index (χ3v) is 4.49. The summed E-state index contributed by atoms with van der Waals surface area (Å²) in [6.07, 6.45) is 1.03. The highest BCUT2D eigenvalue weighted by Crippen LogP contribution is 2.20. The van der Waals surface area contributed by atoms with Crippen molar-refractivity contribution in [2.45, 2.75) is 13.0 Å². The van der Waals surface area contributed by atoms with Crippen molar-refractivity contribution >= 4 is 17.2 Å². The zero-order valence-corrected chi connectivity index (χ0v) is 12.7. The van der Waals surface area contributed by atoms with E-state index in [4.69, 9.17) is 4.74 Å². The summed E-state index contributed by atoms with van der Waals surface area (Å²) in [5.74, 6) is 0.609. The molecule has 1 aromatic carbocycles. The van der Waals surface area contributed by atoms with E-state index in [1.54, 1.807) is 11.3 Å². The van der Waals surface area contributed by atoms with Crippen LogP contribution in [0.5, 0.6) is 0 Å². The Balaban J connectivity index is 1.44. The second-order valence-electron chi connectivity index (χ2n) is 5.42. The van der Waals surface area contributed by atoms with E-state index in [0.717, 1.165) is 31.7 Å². The number of nitrogens with zero attached hydrogens (tertiary/aromatic N) is 1. The van der Waals surface area contributed by atoms with Crippen molar-refractivity contribution in [1.29, 1.82) is 0 Å². The number of ether oxygens (including phenoxy) is 1. The van der Waals surface area contributed by atoms with Crippen molar-refractivity contribution in [1.82, 2.24) is 4.90 Å². The lowest BCUT2D eigenvalue weighted by Gasteiger charge is -2.16. The molecule has 21 heavy (non-hydrogen) atoms. The molecule has 1 atom stereocenters. The van der Waals surface area contributed by atoms with Crippen molar-refractivity contribution in [3.8, 4) is 0 Å². The maximum Gasteiger partial charge on any atom is 0.254 e. The van der Waals surface area contributed by atoms with Crippen molar-refractivity contribution in [2.75, 3.05) is 19.7 Å². The van der Waals surface area contributed by atoms with Crippen molar-refractivity contribution in [2.24, 2.45) is 5.92 Å². The van der Waals surface area contributed by atoms with Gasteiger partial charge in [0.2, 0.25) is 0 Å². The molecule has 110 valence electrons. The lowest BCUT2D eigenvalue weighted by Crippen LogP contribution is -2.28. The highest BCUT2D eigenvalue weighted by Gasteiger charge is 2.27. The van der Waals surface area contributed by atoms with E-state index >= 15 is 0 Å². The van der Waals surface area contributed by atoms with Gasteiger partial charge in [0.15, 0.2) is 0 Å². The van der Waals surface area contributed by atoms with E-state index in [1.165, 1.54) is 5.56 Å². The maximum atomic E-state index is 12.2. The molecule has 0 saturated carbocycles. The largest absolute Gasteiger partial charge is 0.376 e. The number of thiophene rings is 1. The third-order valence-electron chi connectivity index (χ3n) is 3.81. The van der Waals surface area contributed by atoms with Crippen LogP contribution in [-0.2, 0) is 11.3 Å². The van der Waals surface area contributed by atoms with Crippen LogP contribution in [0.1, 0.15) is 22.3 Å². The van der Waals surface area contributed by atoms with Gasteiger partial charge in [0.1, 0.15) is 0 Å². The number of carbonyl (C=O) groups excluding carboxylic acids is 1. The van der Waals surface area contributed by atoms with Gasteiger partial charge in [-0.15, -0.1) is 0 Å². The summed E-state index contributed by atoms with van der Waals surface area (Å²) in [6, 6.07) is 12.1. The molecule has 1 saturated heterocycles. The fourth-order valence-corrected chi connectivity index (χ4v) is 3.27. The molecule has 1 fully saturated rings. The standard InChI is InChI=1S/C17H19NO2S/c19-17(16-7-9-21-13-16)18-8-6-15(10-18)12-20-11-14-4-2-1-3-5-14/h1-5,7,9,13,15H,6,8,10-12H2. The minimum absolute atomic E-state index is 0.154. The number of amides is 1. The predicted molar refractivity (Wildman–Crippen MR) is 84.4 cm³/mol.